The molecule has 96 valence electrons. The van der Waals surface area contributed by atoms with Crippen molar-refractivity contribution in [1.29, 1.82) is 0 Å². The predicted octanol–water partition coefficient (Wildman–Crippen LogP) is 2.24. The van der Waals surface area contributed by atoms with Crippen molar-refractivity contribution >= 4 is 11.6 Å². The molecule has 1 aromatic rings. The predicted molar refractivity (Wildman–Crippen MR) is 63.3 cm³/mol. The van der Waals surface area contributed by atoms with E-state index in [2.05, 4.69) is 15.6 Å². The van der Waals surface area contributed by atoms with Gasteiger partial charge in [0.05, 0.1) is 6.10 Å². The second-order valence-electron chi connectivity index (χ2n) is 3.55. The molecule has 0 radical (unpaired) electrons. The molecule has 1 rings (SSSR count). The van der Waals surface area contributed by atoms with Gasteiger partial charge in [-0.3, -0.25) is 0 Å². The molecule has 1 aromatic heterocycles. The third-order valence-corrected chi connectivity index (χ3v) is 2.17. The van der Waals surface area contributed by atoms with Crippen LogP contribution in [0.25, 0.3) is 0 Å². The van der Waals surface area contributed by atoms with E-state index in [1.807, 2.05) is 13.8 Å². The number of hydrogen-bond donors (Lipinski definition) is 2. The SMILES string of the molecule is CCOC(C)CNc1nc(NC)c(F)cc1F. The van der Waals surface area contributed by atoms with E-state index in [-0.39, 0.29) is 17.7 Å². The van der Waals surface area contributed by atoms with Crippen LogP contribution in [0.5, 0.6) is 0 Å². The van der Waals surface area contributed by atoms with Crippen molar-refractivity contribution in [2.45, 2.75) is 20.0 Å². The second-order valence-corrected chi connectivity index (χ2v) is 3.55. The van der Waals surface area contributed by atoms with Crippen LogP contribution in [0.1, 0.15) is 13.8 Å². The van der Waals surface area contributed by atoms with E-state index >= 15 is 0 Å². The first-order valence-electron chi connectivity index (χ1n) is 5.47. The molecule has 1 atom stereocenters. The molecule has 0 fully saturated rings. The Labute approximate surface area is 99.4 Å². The molecule has 2 N–H and O–H groups in total. The van der Waals surface area contributed by atoms with Crippen LogP contribution < -0.4 is 10.6 Å². The highest BCUT2D eigenvalue weighted by atomic mass is 19.1. The quantitative estimate of drug-likeness (QED) is 0.807. The summed E-state index contributed by atoms with van der Waals surface area (Å²) in [4.78, 5) is 3.79. The van der Waals surface area contributed by atoms with Crippen molar-refractivity contribution in [3.8, 4) is 0 Å². The number of rotatable bonds is 6. The van der Waals surface area contributed by atoms with E-state index < -0.39 is 11.6 Å². The Morgan fingerprint density at radius 2 is 2.00 bits per heavy atom. The molecule has 0 aliphatic rings. The minimum absolute atomic E-state index is 0.0120. The zero-order chi connectivity index (χ0) is 12.8. The molecule has 4 nitrogen and oxygen atoms in total. The van der Waals surface area contributed by atoms with Crippen LogP contribution in [-0.4, -0.2) is 31.3 Å². The lowest BCUT2D eigenvalue weighted by atomic mass is 10.3. The first-order valence-corrected chi connectivity index (χ1v) is 5.47. The van der Waals surface area contributed by atoms with Crippen LogP contribution in [0.3, 0.4) is 0 Å². The van der Waals surface area contributed by atoms with Gasteiger partial charge in [-0.1, -0.05) is 0 Å². The maximum Gasteiger partial charge on any atom is 0.168 e. The number of anilines is 2. The van der Waals surface area contributed by atoms with Gasteiger partial charge < -0.3 is 15.4 Å². The standard InChI is InChI=1S/C11H17F2N3O/c1-4-17-7(2)6-15-11-9(13)5-8(12)10(14-3)16-11/h5,7H,4,6H2,1-3H3,(H2,14,15,16). The summed E-state index contributed by atoms with van der Waals surface area (Å²) in [5, 5.41) is 5.33. The Hall–Kier alpha value is -1.43. The van der Waals surface area contributed by atoms with E-state index in [4.69, 9.17) is 4.74 Å². The molecule has 0 amide bonds. The zero-order valence-electron chi connectivity index (χ0n) is 10.2. The van der Waals surface area contributed by atoms with Crippen LogP contribution >= 0.6 is 0 Å². The molecule has 6 heteroatoms. The van der Waals surface area contributed by atoms with Gasteiger partial charge in [0.15, 0.2) is 23.3 Å². The van der Waals surface area contributed by atoms with Crippen LogP contribution in [0.2, 0.25) is 0 Å². The Balaban J connectivity index is 2.70. The number of nitrogens with one attached hydrogen (secondary N) is 2. The fraction of sp³-hybridized carbons (Fsp3) is 0.545. The third-order valence-electron chi connectivity index (χ3n) is 2.17. The minimum Gasteiger partial charge on any atom is -0.377 e. The Morgan fingerprint density at radius 3 is 2.59 bits per heavy atom. The molecule has 0 bridgehead atoms. The van der Waals surface area contributed by atoms with Gasteiger partial charge >= 0.3 is 0 Å². The molecule has 0 aliphatic heterocycles. The van der Waals surface area contributed by atoms with Crippen LogP contribution in [-0.2, 0) is 4.74 Å². The number of pyridine rings is 1. The maximum absolute atomic E-state index is 13.4. The number of hydrogen-bond acceptors (Lipinski definition) is 4. The minimum atomic E-state index is -0.717. The number of ether oxygens (including phenoxy) is 1. The molecule has 17 heavy (non-hydrogen) atoms. The van der Waals surface area contributed by atoms with Crippen LogP contribution in [0.4, 0.5) is 20.4 Å². The van der Waals surface area contributed by atoms with Crippen LogP contribution in [0, 0.1) is 11.6 Å². The summed E-state index contributed by atoms with van der Waals surface area (Å²) in [5.74, 6) is -1.40. The normalized spacial score (nSPS) is 12.3. The van der Waals surface area contributed by atoms with Gasteiger partial charge in [-0.15, -0.1) is 0 Å². The smallest absolute Gasteiger partial charge is 0.168 e. The van der Waals surface area contributed by atoms with E-state index in [1.165, 1.54) is 7.05 Å². The average molecular weight is 245 g/mol. The monoisotopic (exact) mass is 245 g/mol. The summed E-state index contributed by atoms with van der Waals surface area (Å²) in [6, 6.07) is 0.798. The molecule has 0 saturated carbocycles. The summed E-state index contributed by atoms with van der Waals surface area (Å²) in [5.41, 5.74) is 0. The molecule has 0 saturated heterocycles. The van der Waals surface area contributed by atoms with E-state index in [9.17, 15) is 8.78 Å². The van der Waals surface area contributed by atoms with E-state index in [1.54, 1.807) is 0 Å². The summed E-state index contributed by atoms with van der Waals surface area (Å²) in [6.07, 6.45) is -0.0655. The van der Waals surface area contributed by atoms with Crippen molar-refractivity contribution in [2.24, 2.45) is 0 Å². The zero-order valence-corrected chi connectivity index (χ0v) is 10.2. The van der Waals surface area contributed by atoms with Gasteiger partial charge in [-0.25, -0.2) is 13.8 Å². The summed E-state index contributed by atoms with van der Waals surface area (Å²) in [6.45, 7) is 4.74. The molecule has 1 unspecified atom stereocenters. The third kappa shape index (κ3) is 3.81. The molecule has 0 spiro atoms. The number of nitrogens with zero attached hydrogens (tertiary/aromatic N) is 1. The van der Waals surface area contributed by atoms with Gasteiger partial charge in [0, 0.05) is 26.3 Å². The lowest BCUT2D eigenvalue weighted by Crippen LogP contribution is -2.21. The van der Waals surface area contributed by atoms with Gasteiger partial charge in [-0.2, -0.15) is 0 Å². The fourth-order valence-electron chi connectivity index (χ4n) is 1.35. The lowest BCUT2D eigenvalue weighted by Gasteiger charge is -2.14. The Bertz CT molecular complexity index is 374. The first-order chi connectivity index (χ1) is 8.08. The van der Waals surface area contributed by atoms with Gasteiger partial charge in [0.25, 0.3) is 0 Å². The topological polar surface area (TPSA) is 46.2 Å². The van der Waals surface area contributed by atoms with Gasteiger partial charge in [0.1, 0.15) is 0 Å². The Morgan fingerprint density at radius 1 is 1.35 bits per heavy atom. The largest absolute Gasteiger partial charge is 0.377 e. The highest BCUT2D eigenvalue weighted by Crippen LogP contribution is 2.18. The van der Waals surface area contributed by atoms with Crippen molar-refractivity contribution < 1.29 is 13.5 Å². The molecular weight excluding hydrogens is 228 g/mol. The average Bonchev–Trinajstić information content (AvgIpc) is 2.28. The van der Waals surface area contributed by atoms with Gasteiger partial charge in [-0.05, 0) is 13.8 Å². The summed E-state index contributed by atoms with van der Waals surface area (Å²) in [7, 11) is 1.52. The van der Waals surface area contributed by atoms with Crippen molar-refractivity contribution in [2.75, 3.05) is 30.8 Å². The fourth-order valence-corrected chi connectivity index (χ4v) is 1.35. The van der Waals surface area contributed by atoms with Gasteiger partial charge in [0.2, 0.25) is 0 Å². The molecule has 1 heterocycles. The number of halogens is 2. The highest BCUT2D eigenvalue weighted by molar-refractivity contribution is 5.47. The summed E-state index contributed by atoms with van der Waals surface area (Å²) >= 11 is 0. The molecular formula is C11H17F2N3O. The Kier molecular flexibility index (Phi) is 5.09. The van der Waals surface area contributed by atoms with Crippen LogP contribution in [0.15, 0.2) is 6.07 Å². The van der Waals surface area contributed by atoms with E-state index in [0.29, 0.717) is 13.2 Å². The molecule has 0 aliphatic carbocycles. The maximum atomic E-state index is 13.4. The molecule has 0 aromatic carbocycles. The summed E-state index contributed by atoms with van der Waals surface area (Å²) < 4.78 is 31.8. The first kappa shape index (κ1) is 13.6. The number of aromatic nitrogens is 1. The van der Waals surface area contributed by atoms with E-state index in [0.717, 1.165) is 6.07 Å². The second kappa shape index (κ2) is 6.34. The van der Waals surface area contributed by atoms with Crippen molar-refractivity contribution in [3.63, 3.8) is 0 Å². The highest BCUT2D eigenvalue weighted by Gasteiger charge is 2.11. The van der Waals surface area contributed by atoms with Crippen molar-refractivity contribution in [3.05, 3.63) is 17.7 Å². The van der Waals surface area contributed by atoms with Crippen molar-refractivity contribution in [1.82, 2.24) is 4.98 Å². The lowest BCUT2D eigenvalue weighted by molar-refractivity contribution is 0.0854.